The van der Waals surface area contributed by atoms with Crippen LogP contribution in [0.4, 0.5) is 0 Å². The van der Waals surface area contributed by atoms with Crippen molar-refractivity contribution in [3.8, 4) is 0 Å². The first-order valence-electron chi connectivity index (χ1n) is 7.57. The van der Waals surface area contributed by atoms with Crippen LogP contribution in [0.5, 0.6) is 0 Å². The van der Waals surface area contributed by atoms with E-state index >= 15 is 0 Å². The highest BCUT2D eigenvalue weighted by Gasteiger charge is 2.08. The molecule has 0 spiro atoms. The summed E-state index contributed by atoms with van der Waals surface area (Å²) in [5, 5.41) is 3.43. The van der Waals surface area contributed by atoms with Gasteiger partial charge < -0.3 is 4.98 Å². The monoisotopic (exact) mass is 297 g/mol. The number of H-pyrrole nitrogens is 1. The second-order valence-electron chi connectivity index (χ2n) is 5.57. The van der Waals surface area contributed by atoms with Gasteiger partial charge in [-0.1, -0.05) is 54.6 Å². The molecule has 0 aliphatic heterocycles. The maximum Gasteiger partial charge on any atom is 0.150 e. The van der Waals surface area contributed by atoms with Crippen LogP contribution in [0.2, 0.25) is 0 Å². The second kappa shape index (κ2) is 5.58. The van der Waals surface area contributed by atoms with E-state index in [1.54, 1.807) is 0 Å². The highest BCUT2D eigenvalue weighted by atomic mass is 16.1. The number of rotatable bonds is 3. The van der Waals surface area contributed by atoms with Crippen molar-refractivity contribution in [3.63, 3.8) is 0 Å². The van der Waals surface area contributed by atoms with E-state index in [1.165, 1.54) is 10.8 Å². The highest BCUT2D eigenvalue weighted by Crippen LogP contribution is 2.26. The molecule has 110 valence electrons. The fourth-order valence-corrected chi connectivity index (χ4v) is 2.96. The Morgan fingerprint density at radius 3 is 2.52 bits per heavy atom. The summed E-state index contributed by atoms with van der Waals surface area (Å²) in [5.74, 6) is 0. The molecule has 1 N–H and O–H groups in total. The maximum atomic E-state index is 11.6. The number of aromatic nitrogens is 1. The molecule has 0 bridgehead atoms. The Morgan fingerprint density at radius 2 is 1.65 bits per heavy atom. The Bertz CT molecular complexity index is 1040. The van der Waals surface area contributed by atoms with Gasteiger partial charge in [-0.3, -0.25) is 4.79 Å². The summed E-state index contributed by atoms with van der Waals surface area (Å²) < 4.78 is 0. The molecule has 0 aliphatic carbocycles. The fourth-order valence-electron chi connectivity index (χ4n) is 2.96. The number of hydrogen-bond donors (Lipinski definition) is 1. The van der Waals surface area contributed by atoms with Gasteiger partial charge in [0.05, 0.1) is 0 Å². The van der Waals surface area contributed by atoms with E-state index in [1.807, 2.05) is 54.7 Å². The average Bonchev–Trinajstić information content (AvgIpc) is 3.03. The highest BCUT2D eigenvalue weighted by molar-refractivity contribution is 6.18. The lowest BCUT2D eigenvalue weighted by Gasteiger charge is -2.02. The molecule has 2 heteroatoms. The van der Waals surface area contributed by atoms with Crippen LogP contribution in [0, 0.1) is 0 Å². The van der Waals surface area contributed by atoms with E-state index < -0.39 is 0 Å². The lowest BCUT2D eigenvalue weighted by Crippen LogP contribution is -1.85. The van der Waals surface area contributed by atoms with Gasteiger partial charge in [-0.25, -0.2) is 0 Å². The van der Waals surface area contributed by atoms with Crippen LogP contribution in [0.25, 0.3) is 33.3 Å². The number of para-hydroxylation sites is 1. The Balaban J connectivity index is 1.84. The van der Waals surface area contributed by atoms with Gasteiger partial charge in [0.15, 0.2) is 6.29 Å². The van der Waals surface area contributed by atoms with Crippen molar-refractivity contribution in [2.75, 3.05) is 0 Å². The normalized spacial score (nSPS) is 11.9. The van der Waals surface area contributed by atoms with Crippen LogP contribution in [-0.2, 0) is 4.79 Å². The third-order valence-electron chi connectivity index (χ3n) is 4.12. The van der Waals surface area contributed by atoms with Gasteiger partial charge in [0.2, 0.25) is 0 Å². The van der Waals surface area contributed by atoms with E-state index in [-0.39, 0.29) is 0 Å². The summed E-state index contributed by atoms with van der Waals surface area (Å²) >= 11 is 0. The molecule has 1 aromatic heterocycles. The molecule has 3 aromatic carbocycles. The van der Waals surface area contributed by atoms with Crippen LogP contribution in [0.15, 0.2) is 72.9 Å². The van der Waals surface area contributed by atoms with Crippen LogP contribution in [-0.4, -0.2) is 11.3 Å². The van der Waals surface area contributed by atoms with Crippen LogP contribution < -0.4 is 0 Å². The minimum Gasteiger partial charge on any atom is -0.361 e. The van der Waals surface area contributed by atoms with Gasteiger partial charge in [-0.15, -0.1) is 0 Å². The van der Waals surface area contributed by atoms with Crippen molar-refractivity contribution in [3.05, 3.63) is 84.1 Å². The Kier molecular flexibility index (Phi) is 3.28. The molecule has 2 nitrogen and oxygen atoms in total. The molecule has 23 heavy (non-hydrogen) atoms. The van der Waals surface area contributed by atoms with Gasteiger partial charge in [0.1, 0.15) is 0 Å². The van der Waals surface area contributed by atoms with Gasteiger partial charge in [-0.05, 0) is 34.5 Å². The quantitative estimate of drug-likeness (QED) is 0.416. The van der Waals surface area contributed by atoms with Crippen LogP contribution in [0.3, 0.4) is 0 Å². The molecule has 4 rings (SSSR count). The molecular formula is C21H15NO. The molecule has 0 radical (unpaired) electrons. The molecule has 1 heterocycles. The smallest absolute Gasteiger partial charge is 0.150 e. The van der Waals surface area contributed by atoms with Crippen molar-refractivity contribution in [1.82, 2.24) is 4.98 Å². The molecule has 0 saturated carbocycles. The second-order valence-corrected chi connectivity index (χ2v) is 5.57. The molecule has 0 amide bonds. The topological polar surface area (TPSA) is 32.9 Å². The third-order valence-corrected chi connectivity index (χ3v) is 4.12. The lowest BCUT2D eigenvalue weighted by molar-refractivity contribution is -0.103. The Labute approximate surface area is 134 Å². The van der Waals surface area contributed by atoms with Crippen molar-refractivity contribution in [2.24, 2.45) is 0 Å². The Hall–Kier alpha value is -3.13. The summed E-state index contributed by atoms with van der Waals surface area (Å²) in [7, 11) is 0. The zero-order chi connectivity index (χ0) is 15.6. The predicted octanol–water partition coefficient (Wildman–Crippen LogP) is 5.06. The van der Waals surface area contributed by atoms with E-state index in [0.717, 1.165) is 28.3 Å². The van der Waals surface area contributed by atoms with Gasteiger partial charge in [-0.2, -0.15) is 0 Å². The van der Waals surface area contributed by atoms with E-state index in [0.29, 0.717) is 5.57 Å². The van der Waals surface area contributed by atoms with Gasteiger partial charge in [0.25, 0.3) is 0 Å². The number of carbonyl (C=O) groups excluding carboxylic acids is 1. The predicted molar refractivity (Wildman–Crippen MR) is 96.2 cm³/mol. The van der Waals surface area contributed by atoms with Crippen molar-refractivity contribution >= 4 is 39.6 Å². The Morgan fingerprint density at radius 1 is 0.870 bits per heavy atom. The molecule has 0 unspecified atom stereocenters. The number of allylic oxidation sites excluding steroid dienone is 1. The summed E-state index contributed by atoms with van der Waals surface area (Å²) in [5.41, 5.74) is 3.67. The largest absolute Gasteiger partial charge is 0.361 e. The van der Waals surface area contributed by atoms with Crippen LogP contribution in [0.1, 0.15) is 11.1 Å². The number of aromatic amines is 1. The molecule has 0 atom stereocenters. The number of hydrogen-bond acceptors (Lipinski definition) is 1. The SMILES string of the molecule is O=C/C(=C/c1ccc2ccccc2c1)c1c[nH]c2ccccc12. The number of carbonyl (C=O) groups is 1. The zero-order valence-corrected chi connectivity index (χ0v) is 12.5. The molecule has 0 fully saturated rings. The first kappa shape index (κ1) is 13.5. The molecule has 0 saturated heterocycles. The number of benzene rings is 3. The fraction of sp³-hybridized carbons (Fsp3) is 0. The molecular weight excluding hydrogens is 282 g/mol. The van der Waals surface area contributed by atoms with Gasteiger partial charge in [0, 0.05) is 28.2 Å². The van der Waals surface area contributed by atoms with Crippen molar-refractivity contribution in [1.29, 1.82) is 0 Å². The summed E-state index contributed by atoms with van der Waals surface area (Å²) in [4.78, 5) is 14.9. The average molecular weight is 297 g/mol. The summed E-state index contributed by atoms with van der Waals surface area (Å²) in [6.45, 7) is 0. The van der Waals surface area contributed by atoms with E-state index in [2.05, 4.69) is 29.2 Å². The van der Waals surface area contributed by atoms with Crippen molar-refractivity contribution in [2.45, 2.75) is 0 Å². The third kappa shape index (κ3) is 2.44. The molecule has 4 aromatic rings. The maximum absolute atomic E-state index is 11.6. The number of nitrogens with one attached hydrogen (secondary N) is 1. The van der Waals surface area contributed by atoms with Crippen LogP contribution >= 0.6 is 0 Å². The first-order chi connectivity index (χ1) is 11.3. The first-order valence-corrected chi connectivity index (χ1v) is 7.57. The van der Waals surface area contributed by atoms with Crippen molar-refractivity contribution < 1.29 is 4.79 Å². The zero-order valence-electron chi connectivity index (χ0n) is 12.5. The minimum absolute atomic E-state index is 0.678. The minimum atomic E-state index is 0.678. The van der Waals surface area contributed by atoms with E-state index in [9.17, 15) is 4.79 Å². The number of fused-ring (bicyclic) bond motifs is 2. The van der Waals surface area contributed by atoms with E-state index in [4.69, 9.17) is 0 Å². The standard InChI is InChI=1S/C21H15NO/c23-14-18(20-13-22-21-8-4-3-7-19(20)21)12-15-9-10-16-5-1-2-6-17(16)11-15/h1-14,22H/b18-12-. The number of aldehydes is 1. The molecule has 0 aliphatic rings. The summed E-state index contributed by atoms with van der Waals surface area (Å²) in [6.07, 6.45) is 4.76. The lowest BCUT2D eigenvalue weighted by atomic mass is 10.0. The summed E-state index contributed by atoms with van der Waals surface area (Å²) in [6, 6.07) is 22.5. The van der Waals surface area contributed by atoms with Gasteiger partial charge >= 0.3 is 0 Å².